The van der Waals surface area contributed by atoms with Crippen molar-refractivity contribution in [1.82, 2.24) is 5.32 Å². The molecule has 2 rings (SSSR count). The maximum absolute atomic E-state index is 13.2. The lowest BCUT2D eigenvalue weighted by Crippen LogP contribution is -2.28. The lowest BCUT2D eigenvalue weighted by Gasteiger charge is -2.13. The fraction of sp³-hybridized carbons (Fsp3) is 0.368. The van der Waals surface area contributed by atoms with Gasteiger partial charge in [-0.1, -0.05) is 37.3 Å². The van der Waals surface area contributed by atoms with Gasteiger partial charge in [0.25, 0.3) is 0 Å². The third-order valence-corrected chi connectivity index (χ3v) is 3.74. The summed E-state index contributed by atoms with van der Waals surface area (Å²) in [6, 6.07) is 14.0. The Morgan fingerprint density at radius 3 is 2.43 bits per heavy atom. The molecule has 1 atom stereocenters. The molecule has 0 saturated heterocycles. The molecule has 0 aliphatic carbocycles. The van der Waals surface area contributed by atoms with Crippen LogP contribution in [-0.4, -0.2) is 12.6 Å². The molecule has 1 unspecified atom stereocenters. The third-order valence-electron chi connectivity index (χ3n) is 3.74. The van der Waals surface area contributed by atoms with Crippen LogP contribution in [0.4, 0.5) is 4.39 Å². The maximum atomic E-state index is 13.2. The highest BCUT2D eigenvalue weighted by Crippen LogP contribution is 2.24. The van der Waals surface area contributed by atoms with Gasteiger partial charge in [-0.25, -0.2) is 4.39 Å². The van der Waals surface area contributed by atoms with Crippen molar-refractivity contribution in [3.63, 3.8) is 0 Å². The van der Waals surface area contributed by atoms with Gasteiger partial charge in [-0.2, -0.15) is 0 Å². The Hall–Kier alpha value is -1.67. The standard InChI is InChI=1S/C19H24FN/c1-4-11-21-15(3)13-16-5-7-17(8-6-16)19-10-9-18(20)12-14(19)2/h5-10,12,15,21H,4,11,13H2,1-3H3. The number of rotatable bonds is 6. The average molecular weight is 285 g/mol. The Morgan fingerprint density at radius 2 is 1.81 bits per heavy atom. The van der Waals surface area contributed by atoms with Crippen molar-refractivity contribution in [3.05, 3.63) is 59.4 Å². The number of halogens is 1. The molecular weight excluding hydrogens is 261 g/mol. The summed E-state index contributed by atoms with van der Waals surface area (Å²) in [6.45, 7) is 7.41. The van der Waals surface area contributed by atoms with E-state index in [-0.39, 0.29) is 5.82 Å². The van der Waals surface area contributed by atoms with Gasteiger partial charge in [-0.15, -0.1) is 0 Å². The maximum Gasteiger partial charge on any atom is 0.123 e. The van der Waals surface area contributed by atoms with Crippen LogP contribution in [0.1, 0.15) is 31.4 Å². The predicted octanol–water partition coefficient (Wildman–Crippen LogP) is 4.73. The molecule has 112 valence electrons. The van der Waals surface area contributed by atoms with Crippen LogP contribution in [0.2, 0.25) is 0 Å². The van der Waals surface area contributed by atoms with Crippen molar-refractivity contribution in [2.45, 2.75) is 39.7 Å². The van der Waals surface area contributed by atoms with Crippen LogP contribution in [0.25, 0.3) is 11.1 Å². The van der Waals surface area contributed by atoms with Crippen LogP contribution in [0.15, 0.2) is 42.5 Å². The van der Waals surface area contributed by atoms with E-state index in [1.54, 1.807) is 6.07 Å². The second-order valence-corrected chi connectivity index (χ2v) is 5.72. The average Bonchev–Trinajstić information content (AvgIpc) is 2.46. The summed E-state index contributed by atoms with van der Waals surface area (Å²) in [7, 11) is 0. The SMILES string of the molecule is CCCNC(C)Cc1ccc(-c2ccc(F)cc2C)cc1. The van der Waals surface area contributed by atoms with Gasteiger partial charge in [0.05, 0.1) is 0 Å². The number of hydrogen-bond donors (Lipinski definition) is 1. The van der Waals surface area contributed by atoms with E-state index in [0.717, 1.165) is 36.1 Å². The van der Waals surface area contributed by atoms with Gasteiger partial charge in [0.1, 0.15) is 5.82 Å². The summed E-state index contributed by atoms with van der Waals surface area (Å²) in [4.78, 5) is 0. The molecule has 0 spiro atoms. The molecule has 0 saturated carbocycles. The molecule has 0 radical (unpaired) electrons. The molecule has 0 amide bonds. The Bertz CT molecular complexity index is 575. The minimum absolute atomic E-state index is 0.177. The summed E-state index contributed by atoms with van der Waals surface area (Å²) < 4.78 is 13.2. The molecule has 2 aromatic rings. The van der Waals surface area contributed by atoms with Crippen LogP contribution in [-0.2, 0) is 6.42 Å². The minimum Gasteiger partial charge on any atom is -0.314 e. The molecule has 1 nitrogen and oxygen atoms in total. The largest absolute Gasteiger partial charge is 0.314 e. The number of aryl methyl sites for hydroxylation is 1. The van der Waals surface area contributed by atoms with Gasteiger partial charge >= 0.3 is 0 Å². The van der Waals surface area contributed by atoms with Crippen LogP contribution in [0, 0.1) is 12.7 Å². The third kappa shape index (κ3) is 4.40. The monoisotopic (exact) mass is 285 g/mol. The van der Waals surface area contributed by atoms with E-state index in [1.807, 2.05) is 13.0 Å². The topological polar surface area (TPSA) is 12.0 Å². The van der Waals surface area contributed by atoms with Gasteiger partial charge in [0, 0.05) is 6.04 Å². The molecule has 21 heavy (non-hydrogen) atoms. The highest BCUT2D eigenvalue weighted by molar-refractivity contribution is 5.67. The van der Waals surface area contributed by atoms with Crippen LogP contribution >= 0.6 is 0 Å². The van der Waals surface area contributed by atoms with Crippen molar-refractivity contribution >= 4 is 0 Å². The van der Waals surface area contributed by atoms with Gasteiger partial charge in [-0.3, -0.25) is 0 Å². The summed E-state index contributed by atoms with van der Waals surface area (Å²) >= 11 is 0. The highest BCUT2D eigenvalue weighted by Gasteiger charge is 2.05. The van der Waals surface area contributed by atoms with E-state index in [0.29, 0.717) is 6.04 Å². The van der Waals surface area contributed by atoms with Gasteiger partial charge < -0.3 is 5.32 Å². The molecule has 0 aromatic heterocycles. The molecule has 0 aliphatic rings. The van der Waals surface area contributed by atoms with Crippen molar-refractivity contribution in [2.75, 3.05) is 6.54 Å². The van der Waals surface area contributed by atoms with Crippen LogP contribution in [0.3, 0.4) is 0 Å². The Labute approximate surface area is 127 Å². The first kappa shape index (κ1) is 15.7. The number of benzene rings is 2. The zero-order chi connectivity index (χ0) is 15.2. The summed E-state index contributed by atoms with van der Waals surface area (Å²) in [5.74, 6) is -0.177. The smallest absolute Gasteiger partial charge is 0.123 e. The molecule has 0 fully saturated rings. The Kier molecular flexibility index (Phi) is 5.51. The first-order valence-corrected chi connectivity index (χ1v) is 7.69. The lowest BCUT2D eigenvalue weighted by molar-refractivity contribution is 0.543. The van der Waals surface area contributed by atoms with Gasteiger partial charge in [0.15, 0.2) is 0 Å². The van der Waals surface area contributed by atoms with E-state index in [9.17, 15) is 4.39 Å². The van der Waals surface area contributed by atoms with Crippen LogP contribution in [0.5, 0.6) is 0 Å². The predicted molar refractivity (Wildman–Crippen MR) is 88.0 cm³/mol. The van der Waals surface area contributed by atoms with Crippen LogP contribution < -0.4 is 5.32 Å². The van der Waals surface area contributed by atoms with E-state index in [2.05, 4.69) is 43.4 Å². The first-order chi connectivity index (χ1) is 10.1. The zero-order valence-electron chi connectivity index (χ0n) is 13.1. The molecule has 0 heterocycles. The number of nitrogens with one attached hydrogen (secondary N) is 1. The second-order valence-electron chi connectivity index (χ2n) is 5.72. The second kappa shape index (κ2) is 7.37. The van der Waals surface area contributed by atoms with Crippen molar-refractivity contribution < 1.29 is 4.39 Å². The van der Waals surface area contributed by atoms with E-state index in [4.69, 9.17) is 0 Å². The van der Waals surface area contributed by atoms with Gasteiger partial charge in [-0.05, 0) is 67.6 Å². The Balaban J connectivity index is 2.08. The minimum atomic E-state index is -0.177. The van der Waals surface area contributed by atoms with E-state index in [1.165, 1.54) is 11.6 Å². The molecule has 0 aliphatic heterocycles. The summed E-state index contributed by atoms with van der Waals surface area (Å²) in [6.07, 6.45) is 2.19. The zero-order valence-corrected chi connectivity index (χ0v) is 13.1. The summed E-state index contributed by atoms with van der Waals surface area (Å²) in [5.41, 5.74) is 4.54. The normalized spacial score (nSPS) is 12.4. The highest BCUT2D eigenvalue weighted by atomic mass is 19.1. The summed E-state index contributed by atoms with van der Waals surface area (Å²) in [5, 5.41) is 3.50. The molecule has 0 bridgehead atoms. The fourth-order valence-corrected chi connectivity index (χ4v) is 2.59. The van der Waals surface area contributed by atoms with Crippen molar-refractivity contribution in [2.24, 2.45) is 0 Å². The fourth-order valence-electron chi connectivity index (χ4n) is 2.59. The number of hydrogen-bond acceptors (Lipinski definition) is 1. The molecular formula is C19H24FN. The first-order valence-electron chi connectivity index (χ1n) is 7.69. The molecule has 2 heteroatoms. The Morgan fingerprint density at radius 1 is 1.10 bits per heavy atom. The van der Waals surface area contributed by atoms with Crippen molar-refractivity contribution in [3.8, 4) is 11.1 Å². The van der Waals surface area contributed by atoms with Gasteiger partial charge in [0.2, 0.25) is 0 Å². The van der Waals surface area contributed by atoms with E-state index >= 15 is 0 Å². The van der Waals surface area contributed by atoms with E-state index < -0.39 is 0 Å². The van der Waals surface area contributed by atoms with Crippen molar-refractivity contribution in [1.29, 1.82) is 0 Å². The molecule has 2 aromatic carbocycles. The quantitative estimate of drug-likeness (QED) is 0.809. The lowest BCUT2D eigenvalue weighted by atomic mass is 9.98. The molecule has 1 N–H and O–H groups in total.